The fourth-order valence-electron chi connectivity index (χ4n) is 1.89. The van der Waals surface area contributed by atoms with Crippen molar-refractivity contribution in [1.29, 1.82) is 0 Å². The summed E-state index contributed by atoms with van der Waals surface area (Å²) in [4.78, 5) is 2.64. The highest BCUT2D eigenvalue weighted by atomic mass is 35.5. The largest absolute Gasteiger partial charge is 0.279 e. The molecule has 0 aromatic rings. The van der Waals surface area contributed by atoms with Crippen molar-refractivity contribution in [3.05, 3.63) is 0 Å². The summed E-state index contributed by atoms with van der Waals surface area (Å²) in [5.41, 5.74) is -0.105. The zero-order chi connectivity index (χ0) is 13.8. The number of hydrogen-bond acceptors (Lipinski definition) is 3. The Morgan fingerprint density at radius 2 is 1.78 bits per heavy atom. The molecule has 1 saturated heterocycles. The van der Waals surface area contributed by atoms with Gasteiger partial charge in [0, 0.05) is 25.7 Å². The predicted molar refractivity (Wildman–Crippen MR) is 74.6 cm³/mol. The molecule has 5 nitrogen and oxygen atoms in total. The summed E-state index contributed by atoms with van der Waals surface area (Å²) in [5.74, 6) is 0. The fourth-order valence-corrected chi connectivity index (χ4v) is 3.60. The standard InChI is InChI=1S/C11H24ClN3O2S/c1-11(2,3)10(14-12)9-13-18(16,17)15-7-5-4-6-8-15/h10,13-14H,4-9H2,1-3H3/t10-/m1/s1. The van der Waals surface area contributed by atoms with E-state index in [1.54, 1.807) is 0 Å². The third-order valence-corrected chi connectivity index (χ3v) is 5.14. The maximum atomic E-state index is 12.1. The van der Waals surface area contributed by atoms with Gasteiger partial charge in [-0.2, -0.15) is 12.7 Å². The molecule has 0 amide bonds. The van der Waals surface area contributed by atoms with Gasteiger partial charge in [0.25, 0.3) is 10.2 Å². The van der Waals surface area contributed by atoms with Gasteiger partial charge in [0.15, 0.2) is 0 Å². The van der Waals surface area contributed by atoms with Crippen molar-refractivity contribution in [3.63, 3.8) is 0 Å². The van der Waals surface area contributed by atoms with Crippen LogP contribution in [0, 0.1) is 5.41 Å². The second kappa shape index (κ2) is 6.52. The molecule has 1 heterocycles. The van der Waals surface area contributed by atoms with Crippen LogP contribution in [0.5, 0.6) is 0 Å². The number of rotatable bonds is 5. The normalized spacial score (nSPS) is 20.9. The Morgan fingerprint density at radius 3 is 2.22 bits per heavy atom. The number of piperidine rings is 1. The van der Waals surface area contributed by atoms with Crippen molar-refractivity contribution in [1.82, 2.24) is 13.9 Å². The molecule has 0 bridgehead atoms. The molecule has 7 heteroatoms. The molecule has 1 rings (SSSR count). The van der Waals surface area contributed by atoms with Crippen LogP contribution in [0.15, 0.2) is 0 Å². The SMILES string of the molecule is CC(C)(C)[C@@H](CNS(=O)(=O)N1CCCCC1)NCl. The molecule has 2 N–H and O–H groups in total. The first kappa shape index (κ1) is 16.2. The van der Waals surface area contributed by atoms with Gasteiger partial charge in [-0.3, -0.25) is 0 Å². The van der Waals surface area contributed by atoms with E-state index in [0.29, 0.717) is 19.6 Å². The zero-order valence-electron chi connectivity index (χ0n) is 11.4. The van der Waals surface area contributed by atoms with Crippen LogP contribution >= 0.6 is 11.8 Å². The average molecular weight is 298 g/mol. The highest BCUT2D eigenvalue weighted by Gasteiger charge is 2.28. The van der Waals surface area contributed by atoms with Crippen molar-refractivity contribution in [2.45, 2.75) is 46.1 Å². The van der Waals surface area contributed by atoms with Gasteiger partial charge in [0.1, 0.15) is 0 Å². The molecule has 0 aromatic carbocycles. The number of halogens is 1. The van der Waals surface area contributed by atoms with E-state index in [2.05, 4.69) is 9.56 Å². The predicted octanol–water partition coefficient (Wildman–Crippen LogP) is 1.46. The Hall–Kier alpha value is 0.120. The van der Waals surface area contributed by atoms with Crippen LogP contribution in [-0.4, -0.2) is 38.4 Å². The third-order valence-electron chi connectivity index (χ3n) is 3.30. The van der Waals surface area contributed by atoms with Gasteiger partial charge >= 0.3 is 0 Å². The van der Waals surface area contributed by atoms with Crippen molar-refractivity contribution in [3.8, 4) is 0 Å². The Kier molecular flexibility index (Phi) is 5.86. The average Bonchev–Trinajstić information content (AvgIpc) is 2.29. The third kappa shape index (κ3) is 4.66. The Bertz CT molecular complexity index is 348. The first-order chi connectivity index (χ1) is 8.27. The van der Waals surface area contributed by atoms with E-state index in [1.165, 1.54) is 4.31 Å². The van der Waals surface area contributed by atoms with Crippen molar-refractivity contribution < 1.29 is 8.42 Å². The van der Waals surface area contributed by atoms with Crippen LogP contribution in [0.3, 0.4) is 0 Å². The molecular weight excluding hydrogens is 274 g/mol. The maximum absolute atomic E-state index is 12.1. The van der Waals surface area contributed by atoms with Crippen LogP contribution in [-0.2, 0) is 10.2 Å². The summed E-state index contributed by atoms with van der Waals surface area (Å²) in [6.07, 6.45) is 2.99. The fraction of sp³-hybridized carbons (Fsp3) is 1.00. The second-order valence-corrected chi connectivity index (χ2v) is 7.81. The van der Waals surface area contributed by atoms with Gasteiger partial charge in [0.2, 0.25) is 0 Å². The van der Waals surface area contributed by atoms with E-state index in [-0.39, 0.29) is 11.5 Å². The highest BCUT2D eigenvalue weighted by molar-refractivity contribution is 7.87. The van der Waals surface area contributed by atoms with Gasteiger partial charge in [-0.25, -0.2) is 9.56 Å². The van der Waals surface area contributed by atoms with E-state index in [0.717, 1.165) is 19.3 Å². The Morgan fingerprint density at radius 1 is 1.22 bits per heavy atom. The minimum atomic E-state index is -3.36. The summed E-state index contributed by atoms with van der Waals surface area (Å²) < 4.78 is 28.3. The van der Waals surface area contributed by atoms with Gasteiger partial charge in [0.05, 0.1) is 0 Å². The number of nitrogens with one attached hydrogen (secondary N) is 2. The van der Waals surface area contributed by atoms with Gasteiger partial charge < -0.3 is 0 Å². The van der Waals surface area contributed by atoms with E-state index < -0.39 is 10.2 Å². The molecule has 1 aliphatic rings. The van der Waals surface area contributed by atoms with Crippen LogP contribution in [0.4, 0.5) is 0 Å². The minimum Gasteiger partial charge on any atom is -0.229 e. The lowest BCUT2D eigenvalue weighted by atomic mass is 9.88. The van der Waals surface area contributed by atoms with Crippen molar-refractivity contribution >= 4 is 22.0 Å². The molecular formula is C11H24ClN3O2S. The van der Waals surface area contributed by atoms with Crippen molar-refractivity contribution in [2.24, 2.45) is 5.41 Å². The lowest BCUT2D eigenvalue weighted by Crippen LogP contribution is -2.50. The first-order valence-electron chi connectivity index (χ1n) is 6.38. The summed E-state index contributed by atoms with van der Waals surface area (Å²) in [7, 11) is -3.36. The second-order valence-electron chi connectivity index (χ2n) is 5.84. The lowest BCUT2D eigenvalue weighted by Gasteiger charge is -2.31. The summed E-state index contributed by atoms with van der Waals surface area (Å²) >= 11 is 5.67. The lowest BCUT2D eigenvalue weighted by molar-refractivity contribution is 0.296. The number of hydrogen-bond donors (Lipinski definition) is 2. The quantitative estimate of drug-likeness (QED) is 0.755. The van der Waals surface area contributed by atoms with E-state index >= 15 is 0 Å². The van der Waals surface area contributed by atoms with Gasteiger partial charge in [-0.1, -0.05) is 27.2 Å². The van der Waals surface area contributed by atoms with E-state index in [1.807, 2.05) is 20.8 Å². The molecule has 1 atom stereocenters. The summed E-state index contributed by atoms with van der Waals surface area (Å²) in [6, 6.07) is -0.112. The molecule has 0 radical (unpaired) electrons. The van der Waals surface area contributed by atoms with Crippen LogP contribution in [0.25, 0.3) is 0 Å². The number of nitrogens with zero attached hydrogens (tertiary/aromatic N) is 1. The minimum absolute atomic E-state index is 0.105. The van der Waals surface area contributed by atoms with E-state index in [9.17, 15) is 8.42 Å². The Balaban J connectivity index is 2.55. The molecule has 0 aliphatic carbocycles. The first-order valence-corrected chi connectivity index (χ1v) is 8.20. The van der Waals surface area contributed by atoms with Gasteiger partial charge in [-0.15, -0.1) is 0 Å². The zero-order valence-corrected chi connectivity index (χ0v) is 12.9. The molecule has 108 valence electrons. The summed E-state index contributed by atoms with van der Waals surface area (Å²) in [6.45, 7) is 7.58. The molecule has 0 spiro atoms. The monoisotopic (exact) mass is 297 g/mol. The van der Waals surface area contributed by atoms with E-state index in [4.69, 9.17) is 11.8 Å². The molecule has 0 unspecified atom stereocenters. The highest BCUT2D eigenvalue weighted by Crippen LogP contribution is 2.19. The topological polar surface area (TPSA) is 61.4 Å². The van der Waals surface area contributed by atoms with Gasteiger partial charge in [-0.05, 0) is 30.0 Å². The smallest absolute Gasteiger partial charge is 0.229 e. The summed E-state index contributed by atoms with van der Waals surface area (Å²) in [5, 5.41) is 0. The molecule has 1 aliphatic heterocycles. The Labute approximate surface area is 116 Å². The molecule has 1 fully saturated rings. The van der Waals surface area contributed by atoms with Crippen molar-refractivity contribution in [2.75, 3.05) is 19.6 Å². The van der Waals surface area contributed by atoms with Crippen LogP contribution in [0.2, 0.25) is 0 Å². The molecule has 18 heavy (non-hydrogen) atoms. The van der Waals surface area contributed by atoms with Crippen LogP contribution in [0.1, 0.15) is 40.0 Å². The molecule has 0 saturated carbocycles. The maximum Gasteiger partial charge on any atom is 0.279 e. The molecule has 0 aromatic heterocycles. The van der Waals surface area contributed by atoms with Crippen LogP contribution < -0.4 is 9.56 Å².